The maximum atomic E-state index is 13.1. The van der Waals surface area contributed by atoms with Gasteiger partial charge in [0, 0.05) is 6.42 Å². The van der Waals surface area contributed by atoms with Crippen molar-refractivity contribution in [2.75, 3.05) is 13.2 Å². The summed E-state index contributed by atoms with van der Waals surface area (Å²) in [5.74, 6) is -2.09. The predicted molar refractivity (Wildman–Crippen MR) is 124 cm³/mol. The number of benzene rings is 2. The third-order valence-corrected chi connectivity index (χ3v) is 4.67. The molecule has 2 aromatic rings. The first-order valence-corrected chi connectivity index (χ1v) is 11.1. The Morgan fingerprint density at radius 2 is 1.32 bits per heavy atom. The van der Waals surface area contributed by atoms with Gasteiger partial charge in [-0.05, 0) is 25.0 Å². The largest absolute Gasteiger partial charge is 0.466 e. The molecule has 0 heterocycles. The van der Waals surface area contributed by atoms with Crippen molar-refractivity contribution in [3.8, 4) is 0 Å². The van der Waals surface area contributed by atoms with Gasteiger partial charge in [-0.3, -0.25) is 9.59 Å². The Morgan fingerprint density at radius 1 is 0.735 bits per heavy atom. The van der Waals surface area contributed by atoms with Crippen LogP contribution in [0.15, 0.2) is 60.7 Å². The van der Waals surface area contributed by atoms with Crippen molar-refractivity contribution in [1.29, 1.82) is 0 Å². The van der Waals surface area contributed by atoms with Crippen LogP contribution in [0.5, 0.6) is 0 Å². The zero-order chi connectivity index (χ0) is 24.8. The second-order valence-corrected chi connectivity index (χ2v) is 7.27. The molecule has 182 valence electrons. The van der Waals surface area contributed by atoms with Crippen molar-refractivity contribution in [1.82, 2.24) is 10.6 Å². The summed E-state index contributed by atoms with van der Waals surface area (Å²) < 4.78 is 15.1. The van der Waals surface area contributed by atoms with Crippen molar-refractivity contribution >= 4 is 23.9 Å². The third-order valence-electron chi connectivity index (χ3n) is 4.67. The molecule has 0 aliphatic rings. The minimum absolute atomic E-state index is 0.0284. The van der Waals surface area contributed by atoms with Crippen LogP contribution in [-0.4, -0.2) is 49.2 Å². The molecule has 0 spiro atoms. The van der Waals surface area contributed by atoms with Crippen LogP contribution in [0.4, 0.5) is 4.79 Å². The van der Waals surface area contributed by atoms with Gasteiger partial charge in [0.15, 0.2) is 0 Å². The molecule has 0 aromatic heterocycles. The van der Waals surface area contributed by atoms with Crippen molar-refractivity contribution in [2.45, 2.75) is 45.4 Å². The van der Waals surface area contributed by atoms with E-state index in [0.29, 0.717) is 0 Å². The smallest absolute Gasteiger partial charge is 0.408 e. The number of hydrogen-bond donors (Lipinski definition) is 2. The lowest BCUT2D eigenvalue weighted by atomic mass is 10.0. The minimum Gasteiger partial charge on any atom is -0.466 e. The number of hydrogen-bond acceptors (Lipinski definition) is 7. The molecule has 34 heavy (non-hydrogen) atoms. The highest BCUT2D eigenvalue weighted by Crippen LogP contribution is 2.07. The molecule has 2 atom stereocenters. The lowest BCUT2D eigenvalue weighted by Crippen LogP contribution is -2.53. The Kier molecular flexibility index (Phi) is 11.1. The van der Waals surface area contributed by atoms with E-state index in [0.717, 1.165) is 11.1 Å². The van der Waals surface area contributed by atoms with Crippen molar-refractivity contribution < 1.29 is 33.4 Å². The number of nitrogens with one attached hydrogen (secondary N) is 2. The van der Waals surface area contributed by atoms with Gasteiger partial charge in [-0.2, -0.15) is 0 Å². The molecule has 0 aliphatic heterocycles. The number of amides is 2. The fourth-order valence-corrected chi connectivity index (χ4v) is 3.06. The summed E-state index contributed by atoms with van der Waals surface area (Å²) in [5, 5.41) is 5.05. The van der Waals surface area contributed by atoms with Crippen LogP contribution in [0, 0.1) is 0 Å². The van der Waals surface area contributed by atoms with E-state index in [2.05, 4.69) is 10.6 Å². The normalized spacial score (nSPS) is 12.1. The van der Waals surface area contributed by atoms with Crippen LogP contribution < -0.4 is 10.6 Å². The minimum atomic E-state index is -1.26. The number of carbonyl (C=O) groups is 4. The van der Waals surface area contributed by atoms with Gasteiger partial charge in [0.2, 0.25) is 5.91 Å². The molecule has 2 aromatic carbocycles. The van der Waals surface area contributed by atoms with Gasteiger partial charge in [-0.25, -0.2) is 9.59 Å². The summed E-state index contributed by atoms with van der Waals surface area (Å²) >= 11 is 0. The first-order chi connectivity index (χ1) is 16.4. The monoisotopic (exact) mass is 470 g/mol. The number of rotatable bonds is 12. The molecule has 2 amide bonds. The van der Waals surface area contributed by atoms with Gasteiger partial charge in [0.05, 0.1) is 19.6 Å². The molecule has 9 nitrogen and oxygen atoms in total. The van der Waals surface area contributed by atoms with E-state index in [9.17, 15) is 19.2 Å². The van der Waals surface area contributed by atoms with Gasteiger partial charge >= 0.3 is 18.0 Å². The number of carbonyl (C=O) groups excluding carboxylic acids is 4. The van der Waals surface area contributed by atoms with Crippen LogP contribution in [0.2, 0.25) is 0 Å². The molecule has 0 saturated carbocycles. The summed E-state index contributed by atoms with van der Waals surface area (Å²) in [6, 6.07) is 15.8. The quantitative estimate of drug-likeness (QED) is 0.361. The molecule has 9 heteroatoms. The first kappa shape index (κ1) is 26.4. The van der Waals surface area contributed by atoms with E-state index < -0.39 is 42.4 Å². The lowest BCUT2D eigenvalue weighted by molar-refractivity contribution is -0.153. The van der Waals surface area contributed by atoms with Crippen molar-refractivity contribution in [3.63, 3.8) is 0 Å². The molecule has 0 bridgehead atoms. The Balaban J connectivity index is 2.11. The molecular formula is C25H30N2O7. The topological polar surface area (TPSA) is 120 Å². The van der Waals surface area contributed by atoms with Crippen LogP contribution in [-0.2, 0) is 41.6 Å². The molecule has 2 rings (SSSR count). The van der Waals surface area contributed by atoms with E-state index in [1.165, 1.54) is 0 Å². The molecule has 0 saturated heterocycles. The second-order valence-electron chi connectivity index (χ2n) is 7.27. The van der Waals surface area contributed by atoms with Crippen LogP contribution in [0.1, 0.15) is 31.4 Å². The van der Waals surface area contributed by atoms with E-state index in [1.807, 2.05) is 24.3 Å². The van der Waals surface area contributed by atoms with E-state index >= 15 is 0 Å². The molecular weight excluding hydrogens is 440 g/mol. The molecule has 2 N–H and O–H groups in total. The Morgan fingerprint density at radius 3 is 1.91 bits per heavy atom. The average molecular weight is 471 g/mol. The Bertz CT molecular complexity index is 935. The fraction of sp³-hybridized carbons (Fsp3) is 0.360. The van der Waals surface area contributed by atoms with Crippen molar-refractivity contribution in [3.05, 3.63) is 71.8 Å². The number of ether oxygens (including phenoxy) is 3. The van der Waals surface area contributed by atoms with Gasteiger partial charge in [0.25, 0.3) is 0 Å². The van der Waals surface area contributed by atoms with Gasteiger partial charge in [-0.1, -0.05) is 60.7 Å². The highest BCUT2D eigenvalue weighted by molar-refractivity contribution is 5.91. The highest BCUT2D eigenvalue weighted by Gasteiger charge is 2.30. The van der Waals surface area contributed by atoms with Crippen LogP contribution >= 0.6 is 0 Å². The zero-order valence-electron chi connectivity index (χ0n) is 19.3. The van der Waals surface area contributed by atoms with Crippen LogP contribution in [0.3, 0.4) is 0 Å². The molecule has 0 radical (unpaired) electrons. The summed E-state index contributed by atoms with van der Waals surface area (Å²) in [5.41, 5.74) is 1.57. The summed E-state index contributed by atoms with van der Waals surface area (Å²) in [4.78, 5) is 49.8. The van der Waals surface area contributed by atoms with Crippen molar-refractivity contribution in [2.24, 2.45) is 0 Å². The fourth-order valence-electron chi connectivity index (χ4n) is 3.06. The SMILES string of the molecule is CCOC(=O)C[C@H](NC(=O)[C@H](Cc1ccccc1)NC(=O)OCc1ccccc1)C(=O)OCC. The summed E-state index contributed by atoms with van der Waals surface area (Å²) in [6.07, 6.45) is -1.05. The molecule has 0 unspecified atom stereocenters. The zero-order valence-corrected chi connectivity index (χ0v) is 19.3. The maximum absolute atomic E-state index is 13.1. The maximum Gasteiger partial charge on any atom is 0.408 e. The highest BCUT2D eigenvalue weighted by atomic mass is 16.6. The van der Waals surface area contributed by atoms with Gasteiger partial charge in [-0.15, -0.1) is 0 Å². The van der Waals surface area contributed by atoms with Crippen LogP contribution in [0.25, 0.3) is 0 Å². The standard InChI is InChI=1S/C25H30N2O7/c1-3-32-22(28)16-21(24(30)33-4-2)26-23(29)20(15-18-11-7-5-8-12-18)27-25(31)34-17-19-13-9-6-10-14-19/h5-14,20-21H,3-4,15-17H2,1-2H3,(H,26,29)(H,27,31)/t20-,21-/m0/s1. The lowest BCUT2D eigenvalue weighted by Gasteiger charge is -2.22. The Hall–Kier alpha value is -3.88. The Labute approximate surface area is 198 Å². The first-order valence-electron chi connectivity index (χ1n) is 11.1. The van der Waals surface area contributed by atoms with Gasteiger partial charge < -0.3 is 24.8 Å². The predicted octanol–water partition coefficient (Wildman–Crippen LogP) is 2.53. The third kappa shape index (κ3) is 9.32. The number of alkyl carbamates (subject to hydrolysis) is 1. The second kappa shape index (κ2) is 14.3. The van der Waals surface area contributed by atoms with E-state index in [-0.39, 0.29) is 26.2 Å². The molecule has 0 aliphatic carbocycles. The summed E-state index contributed by atoms with van der Waals surface area (Å²) in [6.45, 7) is 3.49. The number of esters is 2. The summed E-state index contributed by atoms with van der Waals surface area (Å²) in [7, 11) is 0. The molecule has 0 fully saturated rings. The van der Waals surface area contributed by atoms with Gasteiger partial charge in [0.1, 0.15) is 18.7 Å². The van der Waals surface area contributed by atoms with E-state index in [4.69, 9.17) is 14.2 Å². The average Bonchev–Trinajstić information content (AvgIpc) is 2.83. The van der Waals surface area contributed by atoms with E-state index in [1.54, 1.807) is 50.2 Å².